The van der Waals surface area contributed by atoms with Gasteiger partial charge in [-0.2, -0.15) is 0 Å². The van der Waals surface area contributed by atoms with Gasteiger partial charge in [-0.3, -0.25) is 4.79 Å². The summed E-state index contributed by atoms with van der Waals surface area (Å²) in [4.78, 5) is 23.5. The van der Waals surface area contributed by atoms with Gasteiger partial charge in [0.25, 0.3) is 5.91 Å². The predicted octanol–water partition coefficient (Wildman–Crippen LogP) is 5.36. The molecule has 1 aromatic heterocycles. The lowest BCUT2D eigenvalue weighted by molar-refractivity contribution is 0.0593. The Bertz CT molecular complexity index is 1050. The van der Waals surface area contributed by atoms with E-state index < -0.39 is 0 Å². The maximum Gasteiger partial charge on any atom is 0.265 e. The van der Waals surface area contributed by atoms with Gasteiger partial charge in [-0.25, -0.2) is 4.98 Å². The fourth-order valence-electron chi connectivity index (χ4n) is 4.90. The molecule has 0 aliphatic carbocycles. The number of piperidine rings is 2. The lowest BCUT2D eigenvalue weighted by Crippen LogP contribution is -2.48. The van der Waals surface area contributed by atoms with Crippen LogP contribution in [0.3, 0.4) is 0 Å². The van der Waals surface area contributed by atoms with Gasteiger partial charge < -0.3 is 9.80 Å². The van der Waals surface area contributed by atoms with Crippen molar-refractivity contribution in [3.8, 4) is 10.6 Å². The molecule has 0 atom stereocenters. The van der Waals surface area contributed by atoms with Gasteiger partial charge >= 0.3 is 0 Å². The lowest BCUT2D eigenvalue weighted by atomic mass is 10.00. The summed E-state index contributed by atoms with van der Waals surface area (Å²) >= 11 is 1.54. The van der Waals surface area contributed by atoms with Gasteiger partial charge in [0.2, 0.25) is 0 Å². The van der Waals surface area contributed by atoms with E-state index >= 15 is 0 Å². The zero-order valence-electron chi connectivity index (χ0n) is 17.6. The molecule has 2 saturated heterocycles. The normalized spacial score (nSPS) is 18.8. The molecular formula is C25H29N3OS. The number of hydrogen-bond donors (Lipinski definition) is 0. The maximum absolute atomic E-state index is 13.2. The number of aryl methyl sites for hydroxylation is 1. The van der Waals surface area contributed by atoms with E-state index in [1.165, 1.54) is 54.5 Å². The van der Waals surface area contributed by atoms with E-state index in [1.807, 2.05) is 11.8 Å². The minimum absolute atomic E-state index is 0.161. The molecule has 30 heavy (non-hydrogen) atoms. The molecule has 0 N–H and O–H groups in total. The first-order chi connectivity index (χ1) is 14.7. The fraction of sp³-hybridized carbons (Fsp3) is 0.440. The van der Waals surface area contributed by atoms with Gasteiger partial charge in [0.05, 0.1) is 5.69 Å². The van der Waals surface area contributed by atoms with Crippen LogP contribution in [-0.4, -0.2) is 52.9 Å². The number of likely N-dealkylation sites (tertiary alicyclic amines) is 2. The van der Waals surface area contributed by atoms with Crippen LogP contribution in [0.1, 0.15) is 47.5 Å². The number of amides is 1. The number of rotatable bonds is 3. The molecule has 4 nitrogen and oxygen atoms in total. The molecule has 2 aliphatic heterocycles. The number of carbonyl (C=O) groups is 1. The van der Waals surface area contributed by atoms with Crippen LogP contribution in [0.2, 0.25) is 0 Å². The molecule has 3 aromatic rings. The van der Waals surface area contributed by atoms with Crippen molar-refractivity contribution in [1.82, 2.24) is 14.8 Å². The Balaban J connectivity index is 1.30. The van der Waals surface area contributed by atoms with E-state index in [2.05, 4.69) is 47.4 Å². The summed E-state index contributed by atoms with van der Waals surface area (Å²) in [6, 6.07) is 15.4. The molecular weight excluding hydrogens is 390 g/mol. The molecule has 3 heterocycles. The summed E-state index contributed by atoms with van der Waals surface area (Å²) in [5, 5.41) is 3.36. The second-order valence-corrected chi connectivity index (χ2v) is 9.61. The molecule has 5 rings (SSSR count). The Kier molecular flexibility index (Phi) is 5.57. The van der Waals surface area contributed by atoms with Crippen molar-refractivity contribution in [2.24, 2.45) is 0 Å². The number of fused-ring (bicyclic) bond motifs is 1. The zero-order chi connectivity index (χ0) is 20.5. The summed E-state index contributed by atoms with van der Waals surface area (Å²) < 4.78 is 0. The molecule has 0 bridgehead atoms. The third kappa shape index (κ3) is 3.88. The first-order valence-corrected chi connectivity index (χ1v) is 12.0. The third-order valence-corrected chi connectivity index (χ3v) is 7.84. The van der Waals surface area contributed by atoms with E-state index in [0.717, 1.165) is 47.1 Å². The number of carbonyl (C=O) groups excluding carboxylic acids is 1. The Morgan fingerprint density at radius 2 is 1.70 bits per heavy atom. The first-order valence-electron chi connectivity index (χ1n) is 11.2. The van der Waals surface area contributed by atoms with E-state index in [1.54, 1.807) is 0 Å². The number of nitrogens with zero attached hydrogens (tertiary/aromatic N) is 3. The number of benzene rings is 2. The second kappa shape index (κ2) is 8.48. The van der Waals surface area contributed by atoms with Gasteiger partial charge in [-0.15, -0.1) is 11.3 Å². The number of aromatic nitrogens is 1. The van der Waals surface area contributed by atoms with Crippen molar-refractivity contribution < 1.29 is 4.79 Å². The molecule has 2 fully saturated rings. The number of hydrogen-bond acceptors (Lipinski definition) is 4. The molecule has 0 radical (unpaired) electrons. The van der Waals surface area contributed by atoms with Crippen LogP contribution in [0, 0.1) is 6.92 Å². The molecule has 0 saturated carbocycles. The molecule has 2 aromatic carbocycles. The first kappa shape index (κ1) is 19.7. The van der Waals surface area contributed by atoms with E-state index in [9.17, 15) is 4.79 Å². The van der Waals surface area contributed by atoms with Crippen molar-refractivity contribution in [3.63, 3.8) is 0 Å². The third-order valence-electron chi connectivity index (χ3n) is 6.65. The molecule has 156 valence electrons. The Hall–Kier alpha value is -2.24. The van der Waals surface area contributed by atoms with Crippen molar-refractivity contribution in [2.75, 3.05) is 26.2 Å². The largest absolute Gasteiger partial charge is 0.338 e. The van der Waals surface area contributed by atoms with Crippen LogP contribution in [-0.2, 0) is 0 Å². The standard InChI is InChI=1S/C25H29N3OS/c1-18-23(25(29)28-15-11-22(12-16-28)27-13-5-2-6-14-27)30-24(26-18)21-10-9-19-7-3-4-8-20(19)17-21/h3-4,7-10,17,22H,2,5-6,11-16H2,1H3. The van der Waals surface area contributed by atoms with Gasteiger partial charge in [-0.05, 0) is 62.5 Å². The fourth-order valence-corrected chi connectivity index (χ4v) is 5.93. The predicted molar refractivity (Wildman–Crippen MR) is 124 cm³/mol. The average Bonchev–Trinajstić information content (AvgIpc) is 3.20. The summed E-state index contributed by atoms with van der Waals surface area (Å²) in [5.41, 5.74) is 1.94. The van der Waals surface area contributed by atoms with Crippen LogP contribution in [0.4, 0.5) is 0 Å². The van der Waals surface area contributed by atoms with E-state index in [0.29, 0.717) is 6.04 Å². The molecule has 5 heteroatoms. The van der Waals surface area contributed by atoms with E-state index in [-0.39, 0.29) is 5.91 Å². The lowest BCUT2D eigenvalue weighted by Gasteiger charge is -2.40. The molecule has 0 spiro atoms. The second-order valence-electron chi connectivity index (χ2n) is 8.62. The Morgan fingerprint density at radius 3 is 2.47 bits per heavy atom. The van der Waals surface area contributed by atoms with Crippen molar-refractivity contribution in [2.45, 2.75) is 45.1 Å². The van der Waals surface area contributed by atoms with E-state index in [4.69, 9.17) is 4.98 Å². The van der Waals surface area contributed by atoms with Crippen molar-refractivity contribution in [3.05, 3.63) is 53.0 Å². The monoisotopic (exact) mass is 419 g/mol. The molecule has 2 aliphatic rings. The minimum Gasteiger partial charge on any atom is -0.338 e. The van der Waals surface area contributed by atoms with Crippen LogP contribution < -0.4 is 0 Å². The smallest absolute Gasteiger partial charge is 0.265 e. The van der Waals surface area contributed by atoms with Crippen LogP contribution in [0.15, 0.2) is 42.5 Å². The highest BCUT2D eigenvalue weighted by atomic mass is 32.1. The molecule has 0 unspecified atom stereocenters. The van der Waals surface area contributed by atoms with Gasteiger partial charge in [0.15, 0.2) is 0 Å². The van der Waals surface area contributed by atoms with Gasteiger partial charge in [0.1, 0.15) is 9.88 Å². The quantitative estimate of drug-likeness (QED) is 0.573. The highest BCUT2D eigenvalue weighted by Gasteiger charge is 2.29. The highest BCUT2D eigenvalue weighted by Crippen LogP contribution is 2.32. The van der Waals surface area contributed by atoms with Gasteiger partial charge in [-0.1, -0.05) is 42.8 Å². The van der Waals surface area contributed by atoms with Crippen LogP contribution in [0.5, 0.6) is 0 Å². The Labute approximate surface area is 182 Å². The summed E-state index contributed by atoms with van der Waals surface area (Å²) in [7, 11) is 0. The summed E-state index contributed by atoms with van der Waals surface area (Å²) in [5.74, 6) is 0.161. The number of thiazole rings is 1. The minimum atomic E-state index is 0.161. The van der Waals surface area contributed by atoms with Crippen molar-refractivity contribution >= 4 is 28.0 Å². The van der Waals surface area contributed by atoms with Crippen LogP contribution in [0.25, 0.3) is 21.3 Å². The highest BCUT2D eigenvalue weighted by molar-refractivity contribution is 7.17. The zero-order valence-corrected chi connectivity index (χ0v) is 18.5. The molecule has 1 amide bonds. The van der Waals surface area contributed by atoms with Crippen LogP contribution >= 0.6 is 11.3 Å². The average molecular weight is 420 g/mol. The van der Waals surface area contributed by atoms with Gasteiger partial charge in [0, 0.05) is 24.7 Å². The Morgan fingerprint density at radius 1 is 0.967 bits per heavy atom. The summed E-state index contributed by atoms with van der Waals surface area (Å²) in [6.07, 6.45) is 6.23. The van der Waals surface area contributed by atoms with Crippen molar-refractivity contribution in [1.29, 1.82) is 0 Å². The SMILES string of the molecule is Cc1nc(-c2ccc3ccccc3c2)sc1C(=O)N1CCC(N2CCCCC2)CC1. The summed E-state index contributed by atoms with van der Waals surface area (Å²) in [6.45, 7) is 6.17. The topological polar surface area (TPSA) is 36.4 Å². The maximum atomic E-state index is 13.2.